The Morgan fingerprint density at radius 1 is 0.826 bits per heavy atom. The minimum absolute atomic E-state index is 0.347. The molecule has 0 amide bonds. The number of rotatable bonds is 3. The van der Waals surface area contributed by atoms with E-state index in [0.29, 0.717) is 10.6 Å². The predicted molar refractivity (Wildman–Crippen MR) is 93.7 cm³/mol. The van der Waals surface area contributed by atoms with Gasteiger partial charge in [0, 0.05) is 5.02 Å². The maximum absolute atomic E-state index is 11.9. The molecule has 3 heteroatoms. The van der Waals surface area contributed by atoms with Gasteiger partial charge >= 0.3 is 5.97 Å². The van der Waals surface area contributed by atoms with Crippen LogP contribution < -0.4 is 0 Å². The van der Waals surface area contributed by atoms with E-state index in [1.807, 2.05) is 66.7 Å². The Labute approximate surface area is 140 Å². The van der Waals surface area contributed by atoms with Gasteiger partial charge < -0.3 is 4.74 Å². The van der Waals surface area contributed by atoms with Crippen molar-refractivity contribution in [1.82, 2.24) is 0 Å². The Balaban J connectivity index is 2.19. The highest BCUT2D eigenvalue weighted by atomic mass is 35.5. The van der Waals surface area contributed by atoms with E-state index < -0.39 is 0 Å². The summed E-state index contributed by atoms with van der Waals surface area (Å²) in [5.41, 5.74) is 4.64. The highest BCUT2D eigenvalue weighted by molar-refractivity contribution is 6.30. The molecule has 0 atom stereocenters. The van der Waals surface area contributed by atoms with Gasteiger partial charge in [-0.05, 0) is 46.5 Å². The molecule has 0 bridgehead atoms. The van der Waals surface area contributed by atoms with Crippen molar-refractivity contribution in [1.29, 1.82) is 0 Å². The molecule has 0 aromatic heterocycles. The van der Waals surface area contributed by atoms with Crippen molar-refractivity contribution < 1.29 is 9.53 Å². The predicted octanol–water partition coefficient (Wildman–Crippen LogP) is 5.46. The first-order valence-corrected chi connectivity index (χ1v) is 7.60. The number of carbonyl (C=O) groups excluding carboxylic acids is 1. The van der Waals surface area contributed by atoms with Gasteiger partial charge in [0.05, 0.1) is 12.7 Å². The van der Waals surface area contributed by atoms with E-state index in [2.05, 4.69) is 0 Å². The van der Waals surface area contributed by atoms with Gasteiger partial charge in [0.2, 0.25) is 0 Å². The molecule has 2 nitrogen and oxygen atoms in total. The summed E-state index contributed by atoms with van der Waals surface area (Å²) in [4.78, 5) is 11.9. The van der Waals surface area contributed by atoms with Crippen LogP contribution in [0.4, 0.5) is 0 Å². The van der Waals surface area contributed by atoms with Crippen LogP contribution in [0.1, 0.15) is 10.4 Å². The van der Waals surface area contributed by atoms with Crippen molar-refractivity contribution in [3.63, 3.8) is 0 Å². The fraction of sp³-hybridized carbons (Fsp3) is 0.0500. The van der Waals surface area contributed by atoms with Crippen LogP contribution in [0, 0.1) is 0 Å². The summed E-state index contributed by atoms with van der Waals surface area (Å²) in [5.74, 6) is -0.347. The number of methoxy groups -OCH3 is 1. The molecule has 23 heavy (non-hydrogen) atoms. The van der Waals surface area contributed by atoms with Crippen LogP contribution in [0.2, 0.25) is 5.02 Å². The molecule has 0 saturated heterocycles. The first kappa shape index (κ1) is 15.3. The van der Waals surface area contributed by atoms with E-state index in [1.165, 1.54) is 7.11 Å². The number of esters is 1. The molecule has 0 saturated carbocycles. The molecule has 114 valence electrons. The number of halogens is 1. The van der Waals surface area contributed by atoms with E-state index in [9.17, 15) is 4.79 Å². The molecule has 0 N–H and O–H groups in total. The number of carbonyl (C=O) groups is 1. The van der Waals surface area contributed by atoms with Gasteiger partial charge in [0.25, 0.3) is 0 Å². The monoisotopic (exact) mass is 322 g/mol. The van der Waals surface area contributed by atoms with Crippen LogP contribution >= 0.6 is 11.6 Å². The summed E-state index contributed by atoms with van der Waals surface area (Å²) in [6.07, 6.45) is 0. The Hall–Kier alpha value is -2.58. The Kier molecular flexibility index (Phi) is 4.45. The summed E-state index contributed by atoms with van der Waals surface area (Å²) < 4.78 is 4.83. The molecule has 3 aromatic rings. The summed E-state index contributed by atoms with van der Waals surface area (Å²) in [6.45, 7) is 0. The van der Waals surface area contributed by atoms with Gasteiger partial charge in [0.1, 0.15) is 0 Å². The van der Waals surface area contributed by atoms with Crippen LogP contribution in [0.25, 0.3) is 22.3 Å². The smallest absolute Gasteiger partial charge is 0.337 e. The molecular weight excluding hydrogens is 308 g/mol. The summed E-state index contributed by atoms with van der Waals surface area (Å²) in [7, 11) is 1.38. The molecule has 0 heterocycles. The number of hydrogen-bond acceptors (Lipinski definition) is 2. The Morgan fingerprint density at radius 2 is 1.48 bits per heavy atom. The lowest BCUT2D eigenvalue weighted by atomic mass is 9.93. The fourth-order valence-electron chi connectivity index (χ4n) is 2.53. The maximum Gasteiger partial charge on any atom is 0.337 e. The van der Waals surface area contributed by atoms with Gasteiger partial charge in [-0.3, -0.25) is 0 Å². The van der Waals surface area contributed by atoms with Crippen molar-refractivity contribution in [2.24, 2.45) is 0 Å². The molecule has 0 aliphatic heterocycles. The average molecular weight is 323 g/mol. The molecule has 0 fully saturated rings. The molecule has 0 unspecified atom stereocenters. The van der Waals surface area contributed by atoms with Gasteiger partial charge in [0.15, 0.2) is 0 Å². The molecule has 3 aromatic carbocycles. The highest BCUT2D eigenvalue weighted by Gasteiger charge is 2.12. The highest BCUT2D eigenvalue weighted by Crippen LogP contribution is 2.33. The Bertz CT molecular complexity index is 824. The zero-order valence-electron chi connectivity index (χ0n) is 12.6. The maximum atomic E-state index is 11.9. The van der Waals surface area contributed by atoms with Crippen molar-refractivity contribution in [3.8, 4) is 22.3 Å². The summed E-state index contributed by atoms with van der Waals surface area (Å²) in [5, 5.41) is 0.680. The first-order chi connectivity index (χ1) is 11.2. The zero-order valence-corrected chi connectivity index (χ0v) is 13.4. The number of benzene rings is 3. The normalized spacial score (nSPS) is 10.3. The van der Waals surface area contributed by atoms with E-state index in [4.69, 9.17) is 16.3 Å². The van der Waals surface area contributed by atoms with Crippen molar-refractivity contribution >= 4 is 17.6 Å². The number of ether oxygens (including phenoxy) is 1. The Morgan fingerprint density at radius 3 is 2.13 bits per heavy atom. The van der Waals surface area contributed by atoms with Crippen LogP contribution in [-0.2, 0) is 4.74 Å². The molecule has 0 spiro atoms. The van der Waals surface area contributed by atoms with Crippen LogP contribution in [0.3, 0.4) is 0 Å². The lowest BCUT2D eigenvalue weighted by Gasteiger charge is -2.12. The van der Waals surface area contributed by atoms with Crippen molar-refractivity contribution in [2.75, 3.05) is 7.11 Å². The van der Waals surface area contributed by atoms with Gasteiger partial charge in [-0.15, -0.1) is 0 Å². The third-order valence-corrected chi connectivity index (χ3v) is 3.93. The van der Waals surface area contributed by atoms with Gasteiger partial charge in [-0.2, -0.15) is 0 Å². The van der Waals surface area contributed by atoms with E-state index >= 15 is 0 Å². The quantitative estimate of drug-likeness (QED) is 0.598. The lowest BCUT2D eigenvalue weighted by molar-refractivity contribution is 0.0601. The second-order valence-electron chi connectivity index (χ2n) is 5.12. The largest absolute Gasteiger partial charge is 0.465 e. The zero-order chi connectivity index (χ0) is 16.2. The minimum atomic E-state index is -0.347. The van der Waals surface area contributed by atoms with Gasteiger partial charge in [-0.1, -0.05) is 60.1 Å². The number of hydrogen-bond donors (Lipinski definition) is 0. The average Bonchev–Trinajstić information content (AvgIpc) is 2.62. The molecule has 0 radical (unpaired) electrons. The van der Waals surface area contributed by atoms with E-state index in [0.717, 1.165) is 22.3 Å². The first-order valence-electron chi connectivity index (χ1n) is 7.23. The lowest BCUT2D eigenvalue weighted by Crippen LogP contribution is -2.01. The van der Waals surface area contributed by atoms with Gasteiger partial charge in [-0.25, -0.2) is 4.79 Å². The van der Waals surface area contributed by atoms with E-state index in [-0.39, 0.29) is 5.97 Å². The summed E-state index contributed by atoms with van der Waals surface area (Å²) in [6, 6.07) is 23.2. The van der Waals surface area contributed by atoms with Crippen LogP contribution in [-0.4, -0.2) is 13.1 Å². The van der Waals surface area contributed by atoms with Crippen LogP contribution in [0.15, 0.2) is 72.8 Å². The van der Waals surface area contributed by atoms with Crippen LogP contribution in [0.5, 0.6) is 0 Å². The molecular formula is C20H15ClO2. The third kappa shape index (κ3) is 3.27. The molecule has 0 aliphatic carbocycles. The second kappa shape index (κ2) is 6.67. The summed E-state index contributed by atoms with van der Waals surface area (Å²) >= 11 is 5.99. The molecule has 3 rings (SSSR count). The van der Waals surface area contributed by atoms with E-state index in [1.54, 1.807) is 6.07 Å². The topological polar surface area (TPSA) is 26.3 Å². The SMILES string of the molecule is COC(=O)c1ccc(-c2ccccc2)c(-c2ccc(Cl)cc2)c1. The molecule has 0 aliphatic rings. The standard InChI is InChI=1S/C20H15ClO2/c1-23-20(22)16-9-12-18(14-5-3-2-4-6-14)19(13-16)15-7-10-17(21)11-8-15/h2-13H,1H3. The minimum Gasteiger partial charge on any atom is -0.465 e. The second-order valence-corrected chi connectivity index (χ2v) is 5.56. The van der Waals surface area contributed by atoms with Crippen molar-refractivity contribution in [2.45, 2.75) is 0 Å². The fourth-order valence-corrected chi connectivity index (χ4v) is 2.65. The van der Waals surface area contributed by atoms with Crippen molar-refractivity contribution in [3.05, 3.63) is 83.4 Å². The third-order valence-electron chi connectivity index (χ3n) is 3.68.